The van der Waals surface area contributed by atoms with Gasteiger partial charge in [-0.2, -0.15) is 0 Å². The lowest BCUT2D eigenvalue weighted by Gasteiger charge is -2.15. The zero-order valence-corrected chi connectivity index (χ0v) is 9.55. The van der Waals surface area contributed by atoms with E-state index in [1.807, 2.05) is 0 Å². The van der Waals surface area contributed by atoms with E-state index in [4.69, 9.17) is 5.11 Å². The molecule has 6 heteroatoms. The molecule has 1 saturated heterocycles. The van der Waals surface area contributed by atoms with Crippen LogP contribution in [0.15, 0.2) is 24.3 Å². The summed E-state index contributed by atoms with van der Waals surface area (Å²) in [7, 11) is 0. The van der Waals surface area contributed by atoms with E-state index in [0.717, 1.165) is 4.90 Å². The van der Waals surface area contributed by atoms with Crippen LogP contribution in [0.3, 0.4) is 0 Å². The Kier molecular flexibility index (Phi) is 3.27. The Morgan fingerprint density at radius 3 is 2.56 bits per heavy atom. The third-order valence-electron chi connectivity index (χ3n) is 2.71. The van der Waals surface area contributed by atoms with Crippen molar-refractivity contribution >= 4 is 23.5 Å². The van der Waals surface area contributed by atoms with Gasteiger partial charge in [-0.3, -0.25) is 14.5 Å². The topological polar surface area (TPSA) is 86.7 Å². The molecule has 1 aliphatic heterocycles. The second-order valence-electron chi connectivity index (χ2n) is 3.94. The second kappa shape index (κ2) is 4.87. The quantitative estimate of drug-likeness (QED) is 0.773. The summed E-state index contributed by atoms with van der Waals surface area (Å²) in [5.41, 5.74) is 0.710. The molecule has 0 aliphatic carbocycles. The van der Waals surface area contributed by atoms with Gasteiger partial charge in [0.2, 0.25) is 11.8 Å². The lowest BCUT2D eigenvalue weighted by atomic mass is 10.2. The van der Waals surface area contributed by atoms with Crippen molar-refractivity contribution in [3.8, 4) is 0 Å². The molecule has 0 bridgehead atoms. The lowest BCUT2D eigenvalue weighted by Crippen LogP contribution is -2.33. The number of carbonyl (C=O) groups excluding carboxylic acids is 2. The molecule has 0 unspecified atom stereocenters. The van der Waals surface area contributed by atoms with Gasteiger partial charge in [0.1, 0.15) is 0 Å². The van der Waals surface area contributed by atoms with Gasteiger partial charge in [-0.25, -0.2) is 4.79 Å². The highest BCUT2D eigenvalue weighted by Gasteiger charge is 2.28. The van der Waals surface area contributed by atoms with Gasteiger partial charge in [-0.1, -0.05) is 6.07 Å². The van der Waals surface area contributed by atoms with Crippen LogP contribution in [0.4, 0.5) is 5.69 Å². The highest BCUT2D eigenvalue weighted by molar-refractivity contribution is 6.02. The molecule has 2 N–H and O–H groups in total. The number of nitrogens with one attached hydrogen (secondary N) is 1. The molecule has 94 valence electrons. The minimum atomic E-state index is -1.02. The summed E-state index contributed by atoms with van der Waals surface area (Å²) in [6, 6.07) is 6.20. The van der Waals surface area contributed by atoms with Crippen LogP contribution in [0.1, 0.15) is 23.2 Å². The minimum absolute atomic E-state index is 0.0702. The third kappa shape index (κ3) is 2.48. The minimum Gasteiger partial charge on any atom is -0.478 e. The van der Waals surface area contributed by atoms with Gasteiger partial charge in [0.15, 0.2) is 0 Å². The van der Waals surface area contributed by atoms with E-state index < -0.39 is 5.97 Å². The maximum Gasteiger partial charge on any atom is 0.335 e. The fraction of sp³-hybridized carbons (Fsp3) is 0.250. The summed E-state index contributed by atoms with van der Waals surface area (Å²) in [4.78, 5) is 34.6. The number of aromatic carboxylic acids is 1. The molecule has 0 atom stereocenters. The molecule has 0 saturated carbocycles. The van der Waals surface area contributed by atoms with E-state index in [1.165, 1.54) is 12.1 Å². The number of benzene rings is 1. The maximum atomic E-state index is 11.4. The van der Waals surface area contributed by atoms with Crippen LogP contribution in [0.25, 0.3) is 0 Å². The van der Waals surface area contributed by atoms with Crippen LogP contribution in [-0.2, 0) is 9.59 Å². The van der Waals surface area contributed by atoms with Crippen LogP contribution >= 0.6 is 0 Å². The van der Waals surface area contributed by atoms with Gasteiger partial charge in [-0.05, 0) is 18.2 Å². The highest BCUT2D eigenvalue weighted by Crippen LogP contribution is 2.14. The fourth-order valence-corrected chi connectivity index (χ4v) is 1.73. The van der Waals surface area contributed by atoms with Crippen molar-refractivity contribution in [1.29, 1.82) is 0 Å². The number of hydrogen-bond donors (Lipinski definition) is 2. The summed E-state index contributed by atoms with van der Waals surface area (Å²) in [5.74, 6) is -1.43. The first-order valence-corrected chi connectivity index (χ1v) is 5.48. The van der Waals surface area contributed by atoms with E-state index in [0.29, 0.717) is 5.69 Å². The molecular formula is C12H12N2O4. The Morgan fingerprint density at radius 2 is 1.94 bits per heavy atom. The predicted octanol–water partition coefficient (Wildman–Crippen LogP) is 0.903. The number of amides is 2. The number of anilines is 1. The monoisotopic (exact) mass is 248 g/mol. The van der Waals surface area contributed by atoms with E-state index in [2.05, 4.69) is 5.32 Å². The number of carboxylic acid groups (broad SMARTS) is 1. The smallest absolute Gasteiger partial charge is 0.335 e. The highest BCUT2D eigenvalue weighted by atomic mass is 16.4. The van der Waals surface area contributed by atoms with Crippen molar-refractivity contribution in [2.75, 3.05) is 12.0 Å². The molecule has 1 aromatic rings. The molecule has 1 aliphatic rings. The molecule has 2 amide bonds. The second-order valence-corrected chi connectivity index (χ2v) is 3.94. The van der Waals surface area contributed by atoms with Gasteiger partial charge in [-0.15, -0.1) is 0 Å². The van der Waals surface area contributed by atoms with Gasteiger partial charge < -0.3 is 10.4 Å². The first kappa shape index (κ1) is 12.1. The van der Waals surface area contributed by atoms with Crippen molar-refractivity contribution in [1.82, 2.24) is 4.90 Å². The number of rotatable bonds is 4. The van der Waals surface area contributed by atoms with Crippen molar-refractivity contribution in [2.24, 2.45) is 0 Å². The molecular weight excluding hydrogens is 236 g/mol. The molecule has 0 aromatic heterocycles. The lowest BCUT2D eigenvalue weighted by molar-refractivity contribution is -0.137. The van der Waals surface area contributed by atoms with Crippen molar-refractivity contribution in [3.05, 3.63) is 29.8 Å². The van der Waals surface area contributed by atoms with Crippen molar-refractivity contribution < 1.29 is 19.5 Å². The van der Waals surface area contributed by atoms with Gasteiger partial charge in [0.05, 0.1) is 12.2 Å². The number of carbonyl (C=O) groups is 3. The van der Waals surface area contributed by atoms with Gasteiger partial charge >= 0.3 is 5.97 Å². The summed E-state index contributed by atoms with van der Waals surface area (Å²) in [6.45, 7) is 0.0702. The zero-order valence-electron chi connectivity index (χ0n) is 9.55. The van der Waals surface area contributed by atoms with E-state index in [9.17, 15) is 14.4 Å². The van der Waals surface area contributed by atoms with E-state index in [-0.39, 0.29) is 36.9 Å². The van der Waals surface area contributed by atoms with Crippen LogP contribution in [0.2, 0.25) is 0 Å². The van der Waals surface area contributed by atoms with E-state index >= 15 is 0 Å². The molecule has 1 aromatic carbocycles. The predicted molar refractivity (Wildman–Crippen MR) is 63.0 cm³/mol. The summed E-state index contributed by atoms with van der Waals surface area (Å²) in [5, 5.41) is 11.7. The number of likely N-dealkylation sites (tertiary alicyclic amines) is 1. The molecule has 0 radical (unpaired) electrons. The number of imide groups is 1. The average molecular weight is 248 g/mol. The molecule has 2 rings (SSSR count). The first-order valence-electron chi connectivity index (χ1n) is 5.48. The zero-order chi connectivity index (χ0) is 13.1. The normalized spacial score (nSPS) is 15.0. The average Bonchev–Trinajstić information content (AvgIpc) is 2.67. The third-order valence-corrected chi connectivity index (χ3v) is 2.71. The Balaban J connectivity index is 2.02. The largest absolute Gasteiger partial charge is 0.478 e. The Hall–Kier alpha value is -2.37. The van der Waals surface area contributed by atoms with Gasteiger partial charge in [0, 0.05) is 18.5 Å². The Labute approximate surface area is 103 Å². The Bertz CT molecular complexity index is 497. The molecule has 6 nitrogen and oxygen atoms in total. The van der Waals surface area contributed by atoms with Crippen molar-refractivity contribution in [3.63, 3.8) is 0 Å². The summed E-state index contributed by atoms with van der Waals surface area (Å²) < 4.78 is 0. The Morgan fingerprint density at radius 1 is 1.28 bits per heavy atom. The van der Waals surface area contributed by atoms with Crippen molar-refractivity contribution in [2.45, 2.75) is 12.8 Å². The van der Waals surface area contributed by atoms with Crippen LogP contribution in [0, 0.1) is 0 Å². The number of nitrogens with zero attached hydrogens (tertiary/aromatic N) is 1. The molecule has 0 spiro atoms. The fourth-order valence-electron chi connectivity index (χ4n) is 1.73. The summed E-state index contributed by atoms with van der Waals surface area (Å²) >= 11 is 0. The van der Waals surface area contributed by atoms with Crippen LogP contribution in [-0.4, -0.2) is 34.5 Å². The standard InChI is InChI=1S/C12H12N2O4/c15-10-4-5-11(16)14(10)7-13-9-3-1-2-8(6-9)12(17)18/h1-3,6,13H,4-5,7H2,(H,17,18). The van der Waals surface area contributed by atoms with Crippen LogP contribution in [0.5, 0.6) is 0 Å². The molecule has 1 heterocycles. The van der Waals surface area contributed by atoms with E-state index in [1.54, 1.807) is 12.1 Å². The maximum absolute atomic E-state index is 11.4. The molecule has 1 fully saturated rings. The van der Waals surface area contributed by atoms with Gasteiger partial charge in [0.25, 0.3) is 0 Å². The SMILES string of the molecule is O=C(O)c1cccc(NCN2C(=O)CCC2=O)c1. The molecule has 18 heavy (non-hydrogen) atoms. The van der Waals surface area contributed by atoms with Crippen LogP contribution < -0.4 is 5.32 Å². The number of carboxylic acids is 1. The number of hydrogen-bond acceptors (Lipinski definition) is 4. The summed E-state index contributed by atoms with van der Waals surface area (Å²) in [6.07, 6.45) is 0.491. The first-order chi connectivity index (χ1) is 8.58.